The van der Waals surface area contributed by atoms with Crippen molar-refractivity contribution < 1.29 is 19.1 Å². The molecule has 3 fully saturated rings. The van der Waals surface area contributed by atoms with Crippen LogP contribution in [0.5, 0.6) is 0 Å². The summed E-state index contributed by atoms with van der Waals surface area (Å²) in [4.78, 5) is 30.6. The lowest BCUT2D eigenvalue weighted by atomic mass is 9.95. The molecule has 1 spiro atoms. The summed E-state index contributed by atoms with van der Waals surface area (Å²) in [6.07, 6.45) is 2.97. The summed E-state index contributed by atoms with van der Waals surface area (Å²) in [5.41, 5.74) is -0.674. The number of nitrogens with one attached hydrogen (secondary N) is 1. The zero-order chi connectivity index (χ0) is 15.2. The van der Waals surface area contributed by atoms with E-state index in [9.17, 15) is 9.59 Å². The van der Waals surface area contributed by atoms with Gasteiger partial charge in [0.1, 0.15) is 11.9 Å². The lowest BCUT2D eigenvalue weighted by Crippen LogP contribution is -2.54. The predicted octanol–water partition coefficient (Wildman–Crippen LogP) is -0.299. The summed E-state index contributed by atoms with van der Waals surface area (Å²) in [7, 11) is 0. The number of hydrogen-bond acceptors (Lipinski definition) is 5. The maximum Gasteiger partial charge on any atom is 0.255 e. The second kappa shape index (κ2) is 5.31. The third-order valence-corrected chi connectivity index (χ3v) is 4.99. The smallest absolute Gasteiger partial charge is 0.255 e. The lowest BCUT2D eigenvalue weighted by molar-refractivity contribution is -0.147. The normalized spacial score (nSPS) is 34.9. The molecule has 4 rings (SSSR count). The molecular weight excluding hydrogens is 286 g/mol. The number of rotatable bonds is 3. The van der Waals surface area contributed by atoms with E-state index in [-0.39, 0.29) is 17.9 Å². The van der Waals surface area contributed by atoms with Crippen LogP contribution in [0.2, 0.25) is 0 Å². The van der Waals surface area contributed by atoms with E-state index in [2.05, 4.69) is 10.3 Å². The van der Waals surface area contributed by atoms with E-state index in [0.29, 0.717) is 32.2 Å². The average Bonchev–Trinajstić information content (AvgIpc) is 3.17. The molecule has 0 radical (unpaired) electrons. The summed E-state index contributed by atoms with van der Waals surface area (Å²) in [5.74, 6) is 1.21. The molecule has 2 atom stereocenters. The number of amidine groups is 1. The maximum absolute atomic E-state index is 12.2. The van der Waals surface area contributed by atoms with Gasteiger partial charge in [0.25, 0.3) is 11.8 Å². The van der Waals surface area contributed by atoms with Gasteiger partial charge in [0.2, 0.25) is 0 Å². The first kappa shape index (κ1) is 14.1. The van der Waals surface area contributed by atoms with Crippen LogP contribution in [-0.2, 0) is 19.1 Å². The minimum absolute atomic E-state index is 0.0355. The van der Waals surface area contributed by atoms with Crippen LogP contribution in [0.1, 0.15) is 25.7 Å². The van der Waals surface area contributed by atoms with E-state index in [1.807, 2.05) is 4.90 Å². The highest BCUT2D eigenvalue weighted by Crippen LogP contribution is 2.30. The van der Waals surface area contributed by atoms with Crippen molar-refractivity contribution in [3.8, 4) is 0 Å². The third kappa shape index (κ3) is 2.32. The van der Waals surface area contributed by atoms with Gasteiger partial charge in [0.15, 0.2) is 5.54 Å². The molecule has 0 aromatic heterocycles. The highest BCUT2D eigenvalue weighted by Gasteiger charge is 2.47. The van der Waals surface area contributed by atoms with Gasteiger partial charge in [0, 0.05) is 45.1 Å². The molecule has 4 aliphatic rings. The second-order valence-electron chi connectivity index (χ2n) is 6.66. The fourth-order valence-electron chi connectivity index (χ4n) is 3.63. The van der Waals surface area contributed by atoms with Crippen molar-refractivity contribution in [3.63, 3.8) is 0 Å². The van der Waals surface area contributed by atoms with Gasteiger partial charge in [-0.3, -0.25) is 14.6 Å². The minimum atomic E-state index is -0.674. The summed E-state index contributed by atoms with van der Waals surface area (Å²) in [6, 6.07) is 0. The molecule has 4 heterocycles. The molecule has 1 N–H and O–H groups in total. The Labute approximate surface area is 129 Å². The van der Waals surface area contributed by atoms with Crippen molar-refractivity contribution in [2.24, 2.45) is 10.9 Å². The Morgan fingerprint density at radius 3 is 2.95 bits per heavy atom. The predicted molar refractivity (Wildman–Crippen MR) is 77.4 cm³/mol. The van der Waals surface area contributed by atoms with E-state index in [0.717, 1.165) is 38.2 Å². The first-order valence-electron chi connectivity index (χ1n) is 8.05. The Morgan fingerprint density at radius 2 is 2.27 bits per heavy atom. The van der Waals surface area contributed by atoms with Crippen LogP contribution >= 0.6 is 0 Å². The summed E-state index contributed by atoms with van der Waals surface area (Å²) in [6.45, 7) is 3.14. The summed E-state index contributed by atoms with van der Waals surface area (Å²) < 4.78 is 10.7. The number of carbonyl (C=O) groups is 2. The van der Waals surface area contributed by atoms with Crippen LogP contribution < -0.4 is 5.32 Å². The van der Waals surface area contributed by atoms with Crippen LogP contribution in [0, 0.1) is 5.92 Å². The zero-order valence-electron chi connectivity index (χ0n) is 12.5. The molecule has 1 unspecified atom stereocenters. The highest BCUT2D eigenvalue weighted by molar-refractivity contribution is 6.08. The number of carbonyl (C=O) groups excluding carboxylic acids is 2. The van der Waals surface area contributed by atoms with Crippen LogP contribution in [0.25, 0.3) is 0 Å². The highest BCUT2D eigenvalue weighted by atomic mass is 16.5. The molecule has 3 saturated heterocycles. The largest absolute Gasteiger partial charge is 0.378 e. The fraction of sp³-hybridized carbons (Fsp3) is 0.800. The van der Waals surface area contributed by atoms with Crippen molar-refractivity contribution in [1.29, 1.82) is 0 Å². The molecule has 22 heavy (non-hydrogen) atoms. The van der Waals surface area contributed by atoms with Crippen molar-refractivity contribution in [2.75, 3.05) is 32.9 Å². The van der Waals surface area contributed by atoms with E-state index in [1.165, 1.54) is 0 Å². The number of amides is 2. The fourth-order valence-corrected chi connectivity index (χ4v) is 3.63. The Balaban J connectivity index is 1.29. The molecular formula is C15H21N3O4. The van der Waals surface area contributed by atoms with Gasteiger partial charge in [-0.25, -0.2) is 0 Å². The summed E-state index contributed by atoms with van der Waals surface area (Å²) in [5, 5.41) is 2.89. The van der Waals surface area contributed by atoms with Gasteiger partial charge in [-0.15, -0.1) is 0 Å². The van der Waals surface area contributed by atoms with Crippen LogP contribution in [0.3, 0.4) is 0 Å². The topological polar surface area (TPSA) is 80.2 Å². The van der Waals surface area contributed by atoms with Gasteiger partial charge in [-0.05, 0) is 12.8 Å². The number of ether oxygens (including phenoxy) is 2. The molecule has 0 saturated carbocycles. The number of nitrogens with zero attached hydrogens (tertiary/aromatic N) is 2. The number of hydrogen-bond donors (Lipinski definition) is 1. The van der Waals surface area contributed by atoms with Gasteiger partial charge in [-0.1, -0.05) is 0 Å². The number of aliphatic imine (C=N–C) groups is 1. The van der Waals surface area contributed by atoms with Gasteiger partial charge >= 0.3 is 0 Å². The maximum atomic E-state index is 12.2. The van der Waals surface area contributed by atoms with E-state index >= 15 is 0 Å². The quantitative estimate of drug-likeness (QED) is 0.776. The van der Waals surface area contributed by atoms with E-state index in [4.69, 9.17) is 9.47 Å². The Hall–Kier alpha value is -1.47. The first-order chi connectivity index (χ1) is 10.7. The minimum Gasteiger partial charge on any atom is -0.378 e. The average molecular weight is 307 g/mol. The van der Waals surface area contributed by atoms with Crippen LogP contribution in [0.15, 0.2) is 4.99 Å². The molecule has 4 aliphatic heterocycles. The Bertz CT molecular complexity index is 515. The lowest BCUT2D eigenvalue weighted by Gasteiger charge is -2.40. The molecule has 7 nitrogen and oxygen atoms in total. The Morgan fingerprint density at radius 1 is 1.41 bits per heavy atom. The van der Waals surface area contributed by atoms with E-state index in [1.54, 1.807) is 0 Å². The van der Waals surface area contributed by atoms with Crippen LogP contribution in [-0.4, -0.2) is 67.1 Å². The molecule has 0 bridgehead atoms. The molecule has 7 heteroatoms. The van der Waals surface area contributed by atoms with Gasteiger partial charge in [-0.2, -0.15) is 0 Å². The van der Waals surface area contributed by atoms with Crippen molar-refractivity contribution in [3.05, 3.63) is 0 Å². The molecule has 0 aromatic rings. The van der Waals surface area contributed by atoms with Crippen molar-refractivity contribution in [1.82, 2.24) is 10.2 Å². The van der Waals surface area contributed by atoms with Crippen molar-refractivity contribution >= 4 is 17.6 Å². The standard InChI is InChI=1S/C15H21N3O4/c19-13(11-2-1-4-22-11)18-7-10(8-18)6-12-16-14(20)15(17-12)3-5-21-9-15/h10-11H,1-9H2,(H,16,17,20)/t11-,15?/m1/s1. The van der Waals surface area contributed by atoms with Crippen molar-refractivity contribution in [2.45, 2.75) is 37.3 Å². The SMILES string of the molecule is O=C([C@H]1CCCO1)N1CC(CC2=NC3(CCOC3)C(=O)N2)C1. The molecule has 0 aliphatic carbocycles. The number of likely N-dealkylation sites (tertiary alicyclic amines) is 1. The first-order valence-corrected chi connectivity index (χ1v) is 8.05. The molecule has 120 valence electrons. The van der Waals surface area contributed by atoms with E-state index < -0.39 is 5.54 Å². The third-order valence-electron chi connectivity index (χ3n) is 4.99. The van der Waals surface area contributed by atoms with Crippen LogP contribution in [0.4, 0.5) is 0 Å². The molecule has 0 aromatic carbocycles. The molecule has 2 amide bonds. The second-order valence-corrected chi connectivity index (χ2v) is 6.66. The summed E-state index contributed by atoms with van der Waals surface area (Å²) >= 11 is 0. The Kier molecular flexibility index (Phi) is 3.41. The van der Waals surface area contributed by atoms with Gasteiger partial charge < -0.3 is 19.7 Å². The monoisotopic (exact) mass is 307 g/mol. The van der Waals surface area contributed by atoms with Gasteiger partial charge in [0.05, 0.1) is 6.61 Å². The zero-order valence-corrected chi connectivity index (χ0v) is 12.5.